The zero-order valence-corrected chi connectivity index (χ0v) is 18.6. The SMILES string of the molecule is Cc1cccc2sc(N(CCN3CCOCC3)C(=O)/C=C/c3ccc([N+](=O)[O-])cc3)nc12. The predicted octanol–water partition coefficient (Wildman–Crippen LogP) is 3.89. The molecular formula is C23H24N4O4S. The van der Waals surface area contributed by atoms with Crippen molar-refractivity contribution in [1.82, 2.24) is 9.88 Å². The third kappa shape index (κ3) is 5.18. The number of carbonyl (C=O) groups is 1. The predicted molar refractivity (Wildman–Crippen MR) is 126 cm³/mol. The monoisotopic (exact) mass is 452 g/mol. The third-order valence-corrected chi connectivity index (χ3v) is 6.42. The molecule has 0 unspecified atom stereocenters. The second kappa shape index (κ2) is 9.99. The number of para-hydroxylation sites is 1. The summed E-state index contributed by atoms with van der Waals surface area (Å²) in [6.45, 7) is 6.36. The Morgan fingerprint density at radius 2 is 2.00 bits per heavy atom. The molecule has 166 valence electrons. The minimum atomic E-state index is -0.443. The van der Waals surface area contributed by atoms with Crippen molar-refractivity contribution in [1.29, 1.82) is 0 Å². The number of rotatable bonds is 7. The lowest BCUT2D eigenvalue weighted by Gasteiger charge is -2.28. The molecule has 0 atom stereocenters. The van der Waals surface area contributed by atoms with Crippen LogP contribution in [0.4, 0.5) is 10.8 Å². The molecule has 0 bridgehead atoms. The fraction of sp³-hybridized carbons (Fsp3) is 0.304. The standard InChI is InChI=1S/C23H24N4O4S/c1-17-3-2-4-20-22(17)24-23(32-20)26(12-11-25-13-15-31-16-14-25)21(28)10-7-18-5-8-19(9-6-18)27(29)30/h2-10H,11-16H2,1H3/b10-7+. The van der Waals surface area contributed by atoms with Crippen LogP contribution in [-0.4, -0.2) is 60.1 Å². The van der Waals surface area contributed by atoms with Crippen LogP contribution in [0.3, 0.4) is 0 Å². The molecule has 2 aromatic carbocycles. The number of hydrogen-bond donors (Lipinski definition) is 0. The van der Waals surface area contributed by atoms with Crippen molar-refractivity contribution in [3.63, 3.8) is 0 Å². The summed E-state index contributed by atoms with van der Waals surface area (Å²) < 4.78 is 6.46. The number of benzene rings is 2. The van der Waals surface area contributed by atoms with E-state index in [9.17, 15) is 14.9 Å². The van der Waals surface area contributed by atoms with E-state index in [1.165, 1.54) is 29.5 Å². The first-order valence-electron chi connectivity index (χ1n) is 10.4. The Bertz CT molecular complexity index is 1140. The number of non-ortho nitro benzene ring substituents is 1. The van der Waals surface area contributed by atoms with Crippen molar-refractivity contribution in [2.75, 3.05) is 44.3 Å². The summed E-state index contributed by atoms with van der Waals surface area (Å²) in [5.74, 6) is -0.173. The summed E-state index contributed by atoms with van der Waals surface area (Å²) in [6, 6.07) is 12.1. The second-order valence-corrected chi connectivity index (χ2v) is 8.55. The Hall–Kier alpha value is -3.14. The molecule has 0 N–H and O–H groups in total. The molecule has 0 spiro atoms. The van der Waals surface area contributed by atoms with Gasteiger partial charge in [0.25, 0.3) is 11.6 Å². The number of aryl methyl sites for hydroxylation is 1. The number of nitro groups is 1. The van der Waals surface area contributed by atoms with Crippen molar-refractivity contribution >= 4 is 44.4 Å². The summed E-state index contributed by atoms with van der Waals surface area (Å²) in [4.78, 5) is 32.3. The Morgan fingerprint density at radius 1 is 1.25 bits per heavy atom. The fourth-order valence-corrected chi connectivity index (χ4v) is 4.60. The lowest BCUT2D eigenvalue weighted by molar-refractivity contribution is -0.384. The maximum Gasteiger partial charge on any atom is 0.269 e. The van der Waals surface area contributed by atoms with Gasteiger partial charge in [-0.25, -0.2) is 4.98 Å². The van der Waals surface area contributed by atoms with Gasteiger partial charge in [0.2, 0.25) is 0 Å². The number of thiazole rings is 1. The number of fused-ring (bicyclic) bond motifs is 1. The average molecular weight is 453 g/mol. The minimum absolute atomic E-state index is 0.0189. The lowest BCUT2D eigenvalue weighted by Crippen LogP contribution is -2.42. The number of nitro benzene ring substituents is 1. The number of amides is 1. The molecule has 32 heavy (non-hydrogen) atoms. The summed E-state index contributed by atoms with van der Waals surface area (Å²) in [6.07, 6.45) is 3.17. The van der Waals surface area contributed by atoms with Gasteiger partial charge in [-0.05, 0) is 42.3 Å². The zero-order chi connectivity index (χ0) is 22.5. The Labute approximate surface area is 189 Å². The number of ether oxygens (including phenoxy) is 1. The van der Waals surface area contributed by atoms with Crippen molar-refractivity contribution in [2.45, 2.75) is 6.92 Å². The van der Waals surface area contributed by atoms with E-state index in [0.29, 0.717) is 24.9 Å². The highest BCUT2D eigenvalue weighted by molar-refractivity contribution is 7.22. The highest BCUT2D eigenvalue weighted by Gasteiger charge is 2.20. The Balaban J connectivity index is 1.55. The van der Waals surface area contributed by atoms with E-state index >= 15 is 0 Å². The number of nitrogens with zero attached hydrogens (tertiary/aromatic N) is 4. The number of hydrogen-bond acceptors (Lipinski definition) is 7. The molecule has 1 amide bonds. The van der Waals surface area contributed by atoms with Crippen LogP contribution in [0.2, 0.25) is 0 Å². The van der Waals surface area contributed by atoms with E-state index in [1.807, 2.05) is 25.1 Å². The normalized spacial score (nSPS) is 14.8. The molecular weight excluding hydrogens is 428 g/mol. The first kappa shape index (κ1) is 22.1. The maximum absolute atomic E-state index is 13.2. The first-order valence-corrected chi connectivity index (χ1v) is 11.2. The van der Waals surface area contributed by atoms with Gasteiger partial charge < -0.3 is 4.74 Å². The van der Waals surface area contributed by atoms with Crippen LogP contribution in [0.25, 0.3) is 16.3 Å². The van der Waals surface area contributed by atoms with Crippen molar-refractivity contribution in [3.8, 4) is 0 Å². The van der Waals surface area contributed by atoms with Crippen LogP contribution < -0.4 is 4.90 Å². The van der Waals surface area contributed by atoms with Gasteiger partial charge in [0.1, 0.15) is 0 Å². The molecule has 1 aromatic heterocycles. The van der Waals surface area contributed by atoms with Crippen LogP contribution in [0.15, 0.2) is 48.5 Å². The molecule has 4 rings (SSSR count). The third-order valence-electron chi connectivity index (χ3n) is 5.37. The van der Waals surface area contributed by atoms with E-state index in [4.69, 9.17) is 9.72 Å². The molecule has 1 aliphatic rings. The quantitative estimate of drug-likeness (QED) is 0.307. The summed E-state index contributed by atoms with van der Waals surface area (Å²) in [7, 11) is 0. The topological polar surface area (TPSA) is 88.8 Å². The van der Waals surface area contributed by atoms with E-state index in [1.54, 1.807) is 23.1 Å². The van der Waals surface area contributed by atoms with Gasteiger partial charge in [-0.3, -0.25) is 24.7 Å². The molecule has 9 heteroatoms. The molecule has 3 aromatic rings. The number of anilines is 1. The van der Waals surface area contributed by atoms with Crippen LogP contribution in [0.1, 0.15) is 11.1 Å². The first-order chi connectivity index (χ1) is 15.5. The molecule has 0 saturated carbocycles. The number of aromatic nitrogens is 1. The van der Waals surface area contributed by atoms with Crippen LogP contribution >= 0.6 is 11.3 Å². The van der Waals surface area contributed by atoms with Gasteiger partial charge in [-0.15, -0.1) is 0 Å². The maximum atomic E-state index is 13.2. The van der Waals surface area contributed by atoms with Crippen molar-refractivity contribution in [3.05, 3.63) is 69.8 Å². The molecule has 2 heterocycles. The van der Waals surface area contributed by atoms with Crippen molar-refractivity contribution in [2.24, 2.45) is 0 Å². The minimum Gasteiger partial charge on any atom is -0.379 e. The van der Waals surface area contributed by atoms with E-state index in [2.05, 4.69) is 4.90 Å². The van der Waals surface area contributed by atoms with Crippen LogP contribution in [0, 0.1) is 17.0 Å². The number of morpholine rings is 1. The van der Waals surface area contributed by atoms with E-state index in [0.717, 1.165) is 41.0 Å². The van der Waals surface area contributed by atoms with Gasteiger partial charge in [0, 0.05) is 44.4 Å². The largest absolute Gasteiger partial charge is 0.379 e. The summed E-state index contributed by atoms with van der Waals surface area (Å²) in [5.41, 5.74) is 2.73. The van der Waals surface area contributed by atoms with Gasteiger partial charge in [-0.2, -0.15) is 0 Å². The molecule has 0 radical (unpaired) electrons. The lowest BCUT2D eigenvalue weighted by atomic mass is 10.2. The van der Waals surface area contributed by atoms with Gasteiger partial charge in [0.05, 0.1) is 28.4 Å². The molecule has 8 nitrogen and oxygen atoms in total. The molecule has 1 saturated heterocycles. The van der Waals surface area contributed by atoms with Crippen LogP contribution in [-0.2, 0) is 9.53 Å². The highest BCUT2D eigenvalue weighted by Crippen LogP contribution is 2.31. The smallest absolute Gasteiger partial charge is 0.269 e. The molecule has 1 fully saturated rings. The highest BCUT2D eigenvalue weighted by atomic mass is 32.1. The summed E-state index contributed by atoms with van der Waals surface area (Å²) in [5, 5.41) is 11.5. The van der Waals surface area contributed by atoms with Gasteiger partial charge in [0.15, 0.2) is 5.13 Å². The molecule has 1 aliphatic heterocycles. The number of carbonyl (C=O) groups excluding carboxylic acids is 1. The van der Waals surface area contributed by atoms with Crippen LogP contribution in [0.5, 0.6) is 0 Å². The molecule has 0 aliphatic carbocycles. The summed E-state index contributed by atoms with van der Waals surface area (Å²) >= 11 is 1.50. The second-order valence-electron chi connectivity index (χ2n) is 7.54. The Kier molecular flexibility index (Phi) is 6.89. The Morgan fingerprint density at radius 3 is 2.69 bits per heavy atom. The van der Waals surface area contributed by atoms with Crippen molar-refractivity contribution < 1.29 is 14.5 Å². The zero-order valence-electron chi connectivity index (χ0n) is 17.8. The van der Waals surface area contributed by atoms with E-state index < -0.39 is 4.92 Å². The van der Waals surface area contributed by atoms with Gasteiger partial charge in [-0.1, -0.05) is 23.5 Å². The average Bonchev–Trinajstić information content (AvgIpc) is 3.24. The van der Waals surface area contributed by atoms with Gasteiger partial charge >= 0.3 is 0 Å². The van der Waals surface area contributed by atoms with E-state index in [-0.39, 0.29) is 11.6 Å². The fourth-order valence-electron chi connectivity index (χ4n) is 3.52.